The molecule has 1 aliphatic carbocycles. The van der Waals surface area contributed by atoms with Crippen LogP contribution in [0.3, 0.4) is 0 Å². The van der Waals surface area contributed by atoms with Gasteiger partial charge < -0.3 is 4.90 Å². The quantitative estimate of drug-likeness (QED) is 0.334. The highest BCUT2D eigenvalue weighted by atomic mass is 32.1. The fraction of sp³-hybridized carbons (Fsp3) is 0.367. The van der Waals surface area contributed by atoms with Gasteiger partial charge in [-0.1, -0.05) is 42.8 Å². The second-order valence-corrected chi connectivity index (χ2v) is 11.0. The molecule has 0 unspecified atom stereocenters. The minimum atomic E-state index is -0.457. The molecule has 0 fully saturated rings. The fourth-order valence-corrected chi connectivity index (χ4v) is 6.56. The number of carbonyl (C=O) groups excluding carboxylic acids is 1. The molecule has 6 nitrogen and oxygen atoms in total. The first-order chi connectivity index (χ1) is 17.9. The molecule has 5 rings (SSSR count). The lowest BCUT2D eigenvalue weighted by Crippen LogP contribution is -2.42. The lowest BCUT2D eigenvalue weighted by molar-refractivity contribution is -0.132. The summed E-state index contributed by atoms with van der Waals surface area (Å²) < 4.78 is 2.81. The first-order valence-corrected chi connectivity index (χ1v) is 13.9. The monoisotopic (exact) mass is 515 g/mol. The molecule has 7 heteroatoms. The Bertz CT molecular complexity index is 1580. The van der Waals surface area contributed by atoms with Crippen molar-refractivity contribution in [3.63, 3.8) is 0 Å². The third kappa shape index (κ3) is 4.80. The molecule has 2 aromatic heterocycles. The summed E-state index contributed by atoms with van der Waals surface area (Å²) in [6.45, 7) is 6.84. The van der Waals surface area contributed by atoms with Crippen LogP contribution < -0.4 is 11.2 Å². The molecule has 0 spiro atoms. The van der Waals surface area contributed by atoms with E-state index in [1.807, 2.05) is 69.3 Å². The molecule has 0 bridgehead atoms. The third-order valence-electron chi connectivity index (χ3n) is 7.48. The zero-order chi connectivity index (χ0) is 26.1. The SMILES string of the molecule is CCN(Cc1ccccc1)C(=O)Cn1c(=O)n(-c2ccc(C)c(C)c2)c(=O)c2c3c(sc21)CCCCC3. The highest BCUT2D eigenvalue weighted by Crippen LogP contribution is 2.33. The zero-order valence-electron chi connectivity index (χ0n) is 21.8. The van der Waals surface area contributed by atoms with Crippen LogP contribution in [0.4, 0.5) is 0 Å². The van der Waals surface area contributed by atoms with Gasteiger partial charge in [-0.3, -0.25) is 14.2 Å². The Kier molecular flexibility index (Phi) is 7.15. The zero-order valence-corrected chi connectivity index (χ0v) is 22.6. The second kappa shape index (κ2) is 10.5. The molecule has 192 valence electrons. The third-order valence-corrected chi connectivity index (χ3v) is 8.79. The summed E-state index contributed by atoms with van der Waals surface area (Å²) in [5.41, 5.74) is 4.03. The summed E-state index contributed by atoms with van der Waals surface area (Å²) in [4.78, 5) is 45.0. The maximum absolute atomic E-state index is 13.9. The Hall–Kier alpha value is -3.45. The van der Waals surface area contributed by atoms with E-state index in [4.69, 9.17) is 0 Å². The minimum absolute atomic E-state index is 0.0967. The second-order valence-electron chi connectivity index (χ2n) is 9.92. The van der Waals surface area contributed by atoms with Gasteiger partial charge in [0.15, 0.2) is 0 Å². The number of hydrogen-bond donors (Lipinski definition) is 0. The van der Waals surface area contributed by atoms with Crippen molar-refractivity contribution < 1.29 is 4.79 Å². The Morgan fingerprint density at radius 3 is 2.46 bits per heavy atom. The Morgan fingerprint density at radius 2 is 1.73 bits per heavy atom. The minimum Gasteiger partial charge on any atom is -0.337 e. The van der Waals surface area contributed by atoms with Gasteiger partial charge in [0.05, 0.1) is 11.1 Å². The van der Waals surface area contributed by atoms with E-state index in [1.165, 1.54) is 20.8 Å². The first-order valence-electron chi connectivity index (χ1n) is 13.1. The van der Waals surface area contributed by atoms with E-state index < -0.39 is 5.69 Å². The fourth-order valence-electron chi connectivity index (χ4n) is 5.19. The standard InChI is InChI=1S/C30H33N3O3S/c1-4-31(18-22-11-7-5-8-12-22)26(34)19-32-29-27(24-13-9-6-10-14-25(24)37-29)28(35)33(30(32)36)23-16-15-20(2)21(3)17-23/h5,7-8,11-12,15-17H,4,6,9-10,13-14,18-19H2,1-3H3. The number of amides is 1. The molecule has 0 N–H and O–H groups in total. The number of benzene rings is 2. The molecular weight excluding hydrogens is 482 g/mol. The van der Waals surface area contributed by atoms with Crippen LogP contribution in [0.5, 0.6) is 0 Å². The van der Waals surface area contributed by atoms with Gasteiger partial charge in [0, 0.05) is 18.0 Å². The van der Waals surface area contributed by atoms with Crippen LogP contribution in [0.25, 0.3) is 15.9 Å². The summed E-state index contributed by atoms with van der Waals surface area (Å²) in [6.07, 6.45) is 4.99. The van der Waals surface area contributed by atoms with Gasteiger partial charge >= 0.3 is 5.69 Å². The van der Waals surface area contributed by atoms with Crippen molar-refractivity contribution in [1.29, 1.82) is 0 Å². The van der Waals surface area contributed by atoms with E-state index in [0.29, 0.717) is 29.0 Å². The Balaban J connectivity index is 1.67. The lowest BCUT2D eigenvalue weighted by Gasteiger charge is -2.22. The molecule has 0 saturated heterocycles. The van der Waals surface area contributed by atoms with E-state index in [1.54, 1.807) is 9.47 Å². The van der Waals surface area contributed by atoms with Crippen LogP contribution in [0.15, 0.2) is 58.1 Å². The van der Waals surface area contributed by atoms with Crippen LogP contribution in [0, 0.1) is 13.8 Å². The summed E-state index contributed by atoms with van der Waals surface area (Å²) in [5, 5.41) is 0.610. The lowest BCUT2D eigenvalue weighted by atomic mass is 10.1. The Labute approximate surface area is 220 Å². The van der Waals surface area contributed by atoms with Crippen LogP contribution >= 0.6 is 11.3 Å². The van der Waals surface area contributed by atoms with E-state index in [9.17, 15) is 14.4 Å². The number of rotatable bonds is 6. The topological polar surface area (TPSA) is 64.3 Å². The number of hydrogen-bond acceptors (Lipinski definition) is 4. The van der Waals surface area contributed by atoms with E-state index in [-0.39, 0.29) is 18.0 Å². The molecule has 1 amide bonds. The molecule has 4 aromatic rings. The van der Waals surface area contributed by atoms with Crippen molar-refractivity contribution in [2.75, 3.05) is 6.54 Å². The molecule has 2 aromatic carbocycles. The van der Waals surface area contributed by atoms with E-state index in [0.717, 1.165) is 54.4 Å². The average Bonchev–Trinajstić information content (AvgIpc) is 3.10. The van der Waals surface area contributed by atoms with Crippen molar-refractivity contribution in [2.24, 2.45) is 0 Å². The molecule has 0 radical (unpaired) electrons. The number of fused-ring (bicyclic) bond motifs is 3. The largest absolute Gasteiger partial charge is 0.337 e. The summed E-state index contributed by atoms with van der Waals surface area (Å²) in [6, 6.07) is 15.5. The number of aryl methyl sites for hydroxylation is 4. The van der Waals surface area contributed by atoms with E-state index in [2.05, 4.69) is 0 Å². The van der Waals surface area contributed by atoms with Gasteiger partial charge in [0.2, 0.25) is 5.91 Å². The molecule has 37 heavy (non-hydrogen) atoms. The predicted octanol–water partition coefficient (Wildman–Crippen LogP) is 5.15. The molecule has 2 heterocycles. The first kappa shape index (κ1) is 25.2. The van der Waals surface area contributed by atoms with Crippen molar-refractivity contribution in [3.05, 3.63) is 96.5 Å². The van der Waals surface area contributed by atoms with Crippen molar-refractivity contribution in [1.82, 2.24) is 14.0 Å². The summed E-state index contributed by atoms with van der Waals surface area (Å²) in [7, 11) is 0. The normalized spacial score (nSPS) is 13.4. The number of carbonyl (C=O) groups is 1. The van der Waals surface area contributed by atoms with Crippen molar-refractivity contribution in [2.45, 2.75) is 66.0 Å². The van der Waals surface area contributed by atoms with Gasteiger partial charge in [-0.15, -0.1) is 11.3 Å². The highest BCUT2D eigenvalue weighted by molar-refractivity contribution is 7.18. The van der Waals surface area contributed by atoms with Gasteiger partial charge in [-0.05, 0) is 80.8 Å². The molecular formula is C30H33N3O3S. The van der Waals surface area contributed by atoms with Crippen molar-refractivity contribution in [3.8, 4) is 5.69 Å². The highest BCUT2D eigenvalue weighted by Gasteiger charge is 2.25. The van der Waals surface area contributed by atoms with Crippen LogP contribution in [0.1, 0.15) is 53.3 Å². The Morgan fingerprint density at radius 1 is 0.973 bits per heavy atom. The maximum atomic E-state index is 13.9. The number of likely N-dealkylation sites (N-methyl/N-ethyl adjacent to an activating group) is 1. The van der Waals surface area contributed by atoms with Gasteiger partial charge in [-0.25, -0.2) is 9.36 Å². The van der Waals surface area contributed by atoms with Crippen LogP contribution in [-0.4, -0.2) is 26.5 Å². The van der Waals surface area contributed by atoms with Crippen LogP contribution in [0.2, 0.25) is 0 Å². The maximum Gasteiger partial charge on any atom is 0.337 e. The number of nitrogens with zero attached hydrogens (tertiary/aromatic N) is 3. The van der Waals surface area contributed by atoms with Crippen LogP contribution in [-0.2, 0) is 30.7 Å². The molecule has 0 aliphatic heterocycles. The molecule has 1 aliphatic rings. The van der Waals surface area contributed by atoms with Gasteiger partial charge in [0.1, 0.15) is 11.4 Å². The van der Waals surface area contributed by atoms with Crippen molar-refractivity contribution >= 4 is 27.5 Å². The molecule has 0 saturated carbocycles. The summed E-state index contributed by atoms with van der Waals surface area (Å²) >= 11 is 1.52. The van der Waals surface area contributed by atoms with Gasteiger partial charge in [-0.2, -0.15) is 0 Å². The smallest absolute Gasteiger partial charge is 0.337 e. The number of aromatic nitrogens is 2. The predicted molar refractivity (Wildman–Crippen MR) is 150 cm³/mol. The molecule has 0 atom stereocenters. The van der Waals surface area contributed by atoms with Gasteiger partial charge in [0.25, 0.3) is 5.56 Å². The number of thiophene rings is 1. The van der Waals surface area contributed by atoms with E-state index >= 15 is 0 Å². The average molecular weight is 516 g/mol. The summed E-state index contributed by atoms with van der Waals surface area (Å²) in [5.74, 6) is -0.136.